The molecule has 100 valence electrons. The van der Waals surface area contributed by atoms with E-state index in [2.05, 4.69) is 0 Å². The highest BCUT2D eigenvalue weighted by Gasteiger charge is 2.31. The van der Waals surface area contributed by atoms with Gasteiger partial charge in [-0.05, 0) is 30.9 Å². The first-order chi connectivity index (χ1) is 8.91. The lowest BCUT2D eigenvalue weighted by atomic mass is 9.83. The van der Waals surface area contributed by atoms with Crippen LogP contribution in [0, 0.1) is 19.8 Å². The largest absolute Gasteiger partial charge is 0.506 e. The van der Waals surface area contributed by atoms with E-state index in [1.165, 1.54) is 0 Å². The number of rotatable bonds is 1. The Morgan fingerprint density at radius 2 is 1.74 bits per heavy atom. The van der Waals surface area contributed by atoms with Gasteiger partial charge in [0.1, 0.15) is 11.3 Å². The van der Waals surface area contributed by atoms with Crippen molar-refractivity contribution in [3.05, 3.63) is 40.5 Å². The molecule has 1 N–H and O–H groups in total. The average molecular weight is 258 g/mol. The zero-order valence-corrected chi connectivity index (χ0v) is 11.5. The van der Waals surface area contributed by atoms with E-state index < -0.39 is 0 Å². The fourth-order valence-electron chi connectivity index (χ4n) is 2.47. The molecular formula is C16H18O3. The molecule has 3 nitrogen and oxygen atoms in total. The van der Waals surface area contributed by atoms with Crippen LogP contribution in [0.25, 0.3) is 5.76 Å². The van der Waals surface area contributed by atoms with Crippen LogP contribution in [0.4, 0.5) is 0 Å². The molecule has 0 spiro atoms. The summed E-state index contributed by atoms with van der Waals surface area (Å²) >= 11 is 0. The summed E-state index contributed by atoms with van der Waals surface area (Å²) in [7, 11) is 0. The Morgan fingerprint density at radius 3 is 2.32 bits per heavy atom. The van der Waals surface area contributed by atoms with Crippen LogP contribution in [0.15, 0.2) is 23.8 Å². The molecule has 0 saturated heterocycles. The number of Topliss-reactive ketones (excluding diaryl/α,β-unsaturated/α-hetero) is 2. The Morgan fingerprint density at radius 1 is 1.16 bits per heavy atom. The second kappa shape index (κ2) is 5.00. The molecule has 1 fully saturated rings. The van der Waals surface area contributed by atoms with Gasteiger partial charge in [-0.1, -0.05) is 25.1 Å². The number of hydrogen-bond acceptors (Lipinski definition) is 3. The van der Waals surface area contributed by atoms with E-state index in [1.54, 1.807) is 6.07 Å². The topological polar surface area (TPSA) is 54.4 Å². The second-order valence-electron chi connectivity index (χ2n) is 5.33. The van der Waals surface area contributed by atoms with Gasteiger partial charge >= 0.3 is 0 Å². The highest BCUT2D eigenvalue weighted by molar-refractivity contribution is 6.26. The van der Waals surface area contributed by atoms with Gasteiger partial charge < -0.3 is 5.11 Å². The predicted molar refractivity (Wildman–Crippen MR) is 73.9 cm³/mol. The van der Waals surface area contributed by atoms with Gasteiger partial charge in [0.2, 0.25) is 0 Å². The van der Waals surface area contributed by atoms with Crippen molar-refractivity contribution in [3.63, 3.8) is 0 Å². The smallest absolute Gasteiger partial charge is 0.170 e. The number of aliphatic hydroxyl groups is 1. The number of aryl methyl sites for hydroxylation is 1. The Hall–Kier alpha value is -1.90. The van der Waals surface area contributed by atoms with Gasteiger partial charge in [-0.2, -0.15) is 0 Å². The maximum Gasteiger partial charge on any atom is 0.170 e. The van der Waals surface area contributed by atoms with Crippen molar-refractivity contribution in [2.45, 2.75) is 33.6 Å². The van der Waals surface area contributed by atoms with Crippen molar-refractivity contribution in [2.24, 2.45) is 5.92 Å². The summed E-state index contributed by atoms with van der Waals surface area (Å²) in [6, 6.07) is 5.49. The summed E-state index contributed by atoms with van der Waals surface area (Å²) in [5.74, 6) is -0.595. The molecule has 1 aliphatic rings. The van der Waals surface area contributed by atoms with Crippen LogP contribution in [0.1, 0.15) is 36.5 Å². The maximum absolute atomic E-state index is 12.0. The first kappa shape index (κ1) is 13.5. The van der Waals surface area contributed by atoms with Gasteiger partial charge in [-0.3, -0.25) is 9.59 Å². The predicted octanol–water partition coefficient (Wildman–Crippen LogP) is 3.14. The molecule has 0 atom stereocenters. The Bertz CT molecular complexity index is 562. The third-order valence-electron chi connectivity index (χ3n) is 3.72. The van der Waals surface area contributed by atoms with Crippen LogP contribution in [-0.4, -0.2) is 16.7 Å². The van der Waals surface area contributed by atoms with Crippen molar-refractivity contribution in [2.75, 3.05) is 0 Å². The molecule has 19 heavy (non-hydrogen) atoms. The summed E-state index contributed by atoms with van der Waals surface area (Å²) in [6.07, 6.45) is 0.659. The third-order valence-corrected chi connectivity index (χ3v) is 3.72. The lowest BCUT2D eigenvalue weighted by Crippen LogP contribution is -2.25. The maximum atomic E-state index is 12.0. The summed E-state index contributed by atoms with van der Waals surface area (Å²) in [4.78, 5) is 24.0. The number of aliphatic hydroxyl groups excluding tert-OH is 1. The van der Waals surface area contributed by atoms with Gasteiger partial charge in [-0.25, -0.2) is 0 Å². The molecular weight excluding hydrogens is 240 g/mol. The number of ketones is 2. The van der Waals surface area contributed by atoms with Crippen molar-refractivity contribution in [1.29, 1.82) is 0 Å². The Labute approximate surface area is 113 Å². The fourth-order valence-corrected chi connectivity index (χ4v) is 2.47. The van der Waals surface area contributed by atoms with E-state index in [-0.39, 0.29) is 28.8 Å². The molecule has 1 aromatic carbocycles. The van der Waals surface area contributed by atoms with Crippen LogP contribution in [0.3, 0.4) is 0 Å². The van der Waals surface area contributed by atoms with Crippen LogP contribution in [-0.2, 0) is 9.59 Å². The molecule has 3 heteroatoms. The molecule has 0 heterocycles. The van der Waals surface area contributed by atoms with E-state index in [9.17, 15) is 14.7 Å². The van der Waals surface area contributed by atoms with Crippen LogP contribution < -0.4 is 0 Å². The molecule has 0 aromatic heterocycles. The fraction of sp³-hybridized carbons (Fsp3) is 0.375. The van der Waals surface area contributed by atoms with Crippen molar-refractivity contribution < 1.29 is 14.7 Å². The Balaban J connectivity index is 2.55. The van der Waals surface area contributed by atoms with Crippen molar-refractivity contribution in [3.8, 4) is 0 Å². The highest BCUT2D eigenvalue weighted by atomic mass is 16.3. The lowest BCUT2D eigenvalue weighted by molar-refractivity contribution is -0.125. The van der Waals surface area contributed by atoms with E-state index in [0.717, 1.165) is 11.1 Å². The van der Waals surface area contributed by atoms with Crippen LogP contribution in [0.5, 0.6) is 0 Å². The van der Waals surface area contributed by atoms with E-state index in [0.29, 0.717) is 18.4 Å². The molecule has 2 rings (SSSR count). The molecule has 1 aliphatic carbocycles. The van der Waals surface area contributed by atoms with E-state index >= 15 is 0 Å². The molecule has 0 radical (unpaired) electrons. The molecule has 1 aromatic rings. The zero-order chi connectivity index (χ0) is 14.2. The van der Waals surface area contributed by atoms with E-state index in [1.807, 2.05) is 32.9 Å². The molecule has 0 aliphatic heterocycles. The van der Waals surface area contributed by atoms with Gasteiger partial charge in [0.25, 0.3) is 0 Å². The third kappa shape index (κ3) is 2.46. The molecule has 0 bridgehead atoms. The van der Waals surface area contributed by atoms with E-state index in [4.69, 9.17) is 0 Å². The lowest BCUT2D eigenvalue weighted by Gasteiger charge is -2.20. The highest BCUT2D eigenvalue weighted by Crippen LogP contribution is 2.29. The van der Waals surface area contributed by atoms with Crippen LogP contribution in [0.2, 0.25) is 0 Å². The zero-order valence-electron chi connectivity index (χ0n) is 11.5. The first-order valence-corrected chi connectivity index (χ1v) is 6.48. The van der Waals surface area contributed by atoms with Gasteiger partial charge in [0, 0.05) is 18.4 Å². The quantitative estimate of drug-likeness (QED) is 0.478. The van der Waals surface area contributed by atoms with Gasteiger partial charge in [-0.15, -0.1) is 0 Å². The molecule has 0 unspecified atom stereocenters. The number of benzene rings is 1. The monoisotopic (exact) mass is 258 g/mol. The summed E-state index contributed by atoms with van der Waals surface area (Å²) in [5.41, 5.74) is 2.47. The normalized spacial score (nSPS) is 19.7. The summed E-state index contributed by atoms with van der Waals surface area (Å²) in [5, 5.41) is 10.3. The summed E-state index contributed by atoms with van der Waals surface area (Å²) < 4.78 is 0. The minimum atomic E-state index is -0.248. The number of carbonyl (C=O) groups is 2. The van der Waals surface area contributed by atoms with Crippen molar-refractivity contribution >= 4 is 17.3 Å². The number of carbonyl (C=O) groups excluding carboxylic acids is 2. The number of hydrogen-bond donors (Lipinski definition) is 1. The number of allylic oxidation sites excluding steroid dienone is 1. The summed E-state index contributed by atoms with van der Waals surface area (Å²) in [6.45, 7) is 5.69. The standard InChI is InChI=1S/C16H18O3/c1-9-7-13(17)15(14(18)8-9)16(19)12-6-4-5-10(2)11(12)3/h4-6,9,19H,7-8H2,1-3H3. The van der Waals surface area contributed by atoms with Crippen molar-refractivity contribution in [1.82, 2.24) is 0 Å². The minimum Gasteiger partial charge on any atom is -0.506 e. The molecule has 1 saturated carbocycles. The van der Waals surface area contributed by atoms with Crippen LogP contribution >= 0.6 is 0 Å². The molecule has 0 amide bonds. The average Bonchev–Trinajstić information content (AvgIpc) is 2.31. The first-order valence-electron chi connectivity index (χ1n) is 6.48. The Kier molecular flexibility index (Phi) is 3.56. The SMILES string of the molecule is Cc1cccc(C(O)=C2C(=O)CC(C)CC2=O)c1C. The van der Waals surface area contributed by atoms with Gasteiger partial charge in [0.05, 0.1) is 0 Å². The van der Waals surface area contributed by atoms with Gasteiger partial charge in [0.15, 0.2) is 11.6 Å². The second-order valence-corrected chi connectivity index (χ2v) is 5.33. The minimum absolute atomic E-state index is 0.0215.